The zero-order valence-electron chi connectivity index (χ0n) is 16.9. The molecule has 0 bridgehead atoms. The number of hydrogen-bond donors (Lipinski definition) is 1. The Bertz CT molecular complexity index is 668. The summed E-state index contributed by atoms with van der Waals surface area (Å²) in [5, 5.41) is 3.07. The molecule has 2 rings (SSSR count). The molecule has 0 unspecified atom stereocenters. The van der Waals surface area contributed by atoms with Crippen molar-refractivity contribution in [2.24, 2.45) is 0 Å². The number of hydrogen-bond acceptors (Lipinski definition) is 5. The summed E-state index contributed by atoms with van der Waals surface area (Å²) in [4.78, 5) is 0. The van der Waals surface area contributed by atoms with E-state index in [0.717, 1.165) is 55.2 Å². The van der Waals surface area contributed by atoms with Gasteiger partial charge in [-0.2, -0.15) is 0 Å². The van der Waals surface area contributed by atoms with Crippen LogP contribution in [0.3, 0.4) is 0 Å². The first kappa shape index (κ1) is 21.5. The van der Waals surface area contributed by atoms with Crippen LogP contribution in [0.15, 0.2) is 60.9 Å². The maximum absolute atomic E-state index is 5.75. The SMILES string of the molecule is CC/C=C\OCCCCCOc1ccc(OCOc2ccc(NC)cc2)cc1. The van der Waals surface area contributed by atoms with E-state index in [9.17, 15) is 0 Å². The van der Waals surface area contributed by atoms with Gasteiger partial charge in [0.1, 0.15) is 17.2 Å². The van der Waals surface area contributed by atoms with Crippen LogP contribution < -0.4 is 19.5 Å². The van der Waals surface area contributed by atoms with Crippen molar-refractivity contribution in [1.29, 1.82) is 0 Å². The van der Waals surface area contributed by atoms with Gasteiger partial charge in [0.25, 0.3) is 0 Å². The predicted octanol–water partition coefficient (Wildman–Crippen LogP) is 5.63. The molecule has 0 amide bonds. The Morgan fingerprint density at radius 2 is 1.32 bits per heavy atom. The summed E-state index contributed by atoms with van der Waals surface area (Å²) >= 11 is 0. The van der Waals surface area contributed by atoms with Crippen LogP contribution in [0.5, 0.6) is 17.2 Å². The molecule has 2 aromatic rings. The first-order valence-corrected chi connectivity index (χ1v) is 9.84. The highest BCUT2D eigenvalue weighted by Crippen LogP contribution is 2.19. The Kier molecular flexibility index (Phi) is 10.3. The van der Waals surface area contributed by atoms with E-state index < -0.39 is 0 Å². The van der Waals surface area contributed by atoms with Gasteiger partial charge >= 0.3 is 0 Å². The van der Waals surface area contributed by atoms with Crippen LogP contribution >= 0.6 is 0 Å². The molecule has 0 aliphatic rings. The topological polar surface area (TPSA) is 49.0 Å². The quantitative estimate of drug-likeness (QED) is 0.259. The molecule has 0 heterocycles. The summed E-state index contributed by atoms with van der Waals surface area (Å²) in [7, 11) is 1.88. The van der Waals surface area contributed by atoms with Gasteiger partial charge in [0.15, 0.2) is 0 Å². The van der Waals surface area contributed by atoms with Crippen LogP contribution in [-0.4, -0.2) is 27.1 Å². The maximum Gasteiger partial charge on any atom is 0.230 e. The lowest BCUT2D eigenvalue weighted by Gasteiger charge is -2.10. The van der Waals surface area contributed by atoms with Crippen LogP contribution in [0.2, 0.25) is 0 Å². The molecule has 0 radical (unpaired) electrons. The third-order valence-electron chi connectivity index (χ3n) is 4.02. The maximum atomic E-state index is 5.75. The molecule has 5 heteroatoms. The van der Waals surface area contributed by atoms with Crippen LogP contribution in [0.25, 0.3) is 0 Å². The predicted molar refractivity (Wildman–Crippen MR) is 113 cm³/mol. The molecule has 152 valence electrons. The second kappa shape index (κ2) is 13.4. The van der Waals surface area contributed by atoms with Gasteiger partial charge in [-0.25, -0.2) is 0 Å². The van der Waals surface area contributed by atoms with Crippen molar-refractivity contribution in [3.8, 4) is 17.2 Å². The monoisotopic (exact) mass is 385 g/mol. The number of anilines is 1. The van der Waals surface area contributed by atoms with Gasteiger partial charge in [0.2, 0.25) is 6.79 Å². The standard InChI is InChI=1S/C23H31NO4/c1-3-4-16-25-17-6-5-7-18-26-21-12-14-23(15-13-21)28-19-27-22-10-8-20(24-2)9-11-22/h4,8-16,24H,3,5-7,17-19H2,1-2H3/b16-4-. The lowest BCUT2D eigenvalue weighted by molar-refractivity contribution is 0.120. The van der Waals surface area contributed by atoms with Crippen molar-refractivity contribution < 1.29 is 18.9 Å². The second-order valence-electron chi connectivity index (χ2n) is 6.21. The van der Waals surface area contributed by atoms with E-state index >= 15 is 0 Å². The van der Waals surface area contributed by atoms with Gasteiger partial charge in [-0.3, -0.25) is 0 Å². The molecular formula is C23H31NO4. The zero-order valence-corrected chi connectivity index (χ0v) is 16.9. The second-order valence-corrected chi connectivity index (χ2v) is 6.21. The van der Waals surface area contributed by atoms with Crippen LogP contribution in [0.1, 0.15) is 32.6 Å². The highest BCUT2D eigenvalue weighted by Gasteiger charge is 1.99. The van der Waals surface area contributed by atoms with Crippen molar-refractivity contribution in [3.63, 3.8) is 0 Å². The minimum Gasteiger partial charge on any atom is -0.502 e. The van der Waals surface area contributed by atoms with Crippen LogP contribution in [-0.2, 0) is 4.74 Å². The molecule has 0 aliphatic heterocycles. The molecule has 0 aliphatic carbocycles. The number of unbranched alkanes of at least 4 members (excludes halogenated alkanes) is 2. The third kappa shape index (κ3) is 8.71. The summed E-state index contributed by atoms with van der Waals surface area (Å²) in [5.74, 6) is 2.36. The van der Waals surface area contributed by atoms with Crippen molar-refractivity contribution in [1.82, 2.24) is 0 Å². The number of nitrogens with one attached hydrogen (secondary N) is 1. The molecule has 0 spiro atoms. The summed E-state index contributed by atoms with van der Waals surface area (Å²) in [5.41, 5.74) is 1.04. The van der Waals surface area contributed by atoms with Gasteiger partial charge in [-0.05, 0) is 74.2 Å². The fourth-order valence-electron chi connectivity index (χ4n) is 2.40. The normalized spacial score (nSPS) is 10.6. The number of benzene rings is 2. The Morgan fingerprint density at radius 3 is 1.93 bits per heavy atom. The Balaban J connectivity index is 1.56. The lowest BCUT2D eigenvalue weighted by Crippen LogP contribution is -2.05. The van der Waals surface area contributed by atoms with Crippen molar-refractivity contribution in [2.45, 2.75) is 32.6 Å². The molecule has 1 N–H and O–H groups in total. The molecule has 2 aromatic carbocycles. The number of rotatable bonds is 14. The first-order chi connectivity index (χ1) is 13.8. The first-order valence-electron chi connectivity index (χ1n) is 9.84. The van der Waals surface area contributed by atoms with E-state index in [1.54, 1.807) is 6.26 Å². The molecule has 5 nitrogen and oxygen atoms in total. The molecule has 0 atom stereocenters. The molecule has 0 saturated carbocycles. The Hall–Kier alpha value is -2.82. The average molecular weight is 386 g/mol. The highest BCUT2D eigenvalue weighted by molar-refractivity contribution is 5.45. The fraction of sp³-hybridized carbons (Fsp3) is 0.391. The van der Waals surface area contributed by atoms with E-state index in [4.69, 9.17) is 18.9 Å². The van der Waals surface area contributed by atoms with E-state index in [-0.39, 0.29) is 6.79 Å². The largest absolute Gasteiger partial charge is 0.502 e. The van der Waals surface area contributed by atoms with E-state index in [2.05, 4.69) is 12.2 Å². The minimum atomic E-state index is 0.161. The van der Waals surface area contributed by atoms with E-state index in [1.807, 2.05) is 61.7 Å². The Morgan fingerprint density at radius 1 is 0.750 bits per heavy atom. The molecule has 28 heavy (non-hydrogen) atoms. The highest BCUT2D eigenvalue weighted by atomic mass is 16.7. The molecule has 0 aromatic heterocycles. The fourth-order valence-corrected chi connectivity index (χ4v) is 2.40. The van der Waals surface area contributed by atoms with E-state index in [0.29, 0.717) is 6.61 Å². The minimum absolute atomic E-state index is 0.161. The van der Waals surface area contributed by atoms with Gasteiger partial charge in [0, 0.05) is 12.7 Å². The number of ether oxygens (including phenoxy) is 4. The molecule has 0 fully saturated rings. The van der Waals surface area contributed by atoms with Crippen molar-refractivity contribution >= 4 is 5.69 Å². The summed E-state index contributed by atoms with van der Waals surface area (Å²) in [6.45, 7) is 3.73. The van der Waals surface area contributed by atoms with Crippen LogP contribution in [0, 0.1) is 0 Å². The molecular weight excluding hydrogens is 354 g/mol. The van der Waals surface area contributed by atoms with Crippen molar-refractivity contribution in [2.75, 3.05) is 32.4 Å². The molecule has 0 saturated heterocycles. The van der Waals surface area contributed by atoms with Gasteiger partial charge in [-0.15, -0.1) is 0 Å². The van der Waals surface area contributed by atoms with Gasteiger partial charge < -0.3 is 24.3 Å². The van der Waals surface area contributed by atoms with Crippen LogP contribution in [0.4, 0.5) is 5.69 Å². The number of allylic oxidation sites excluding steroid dienone is 1. The summed E-state index contributed by atoms with van der Waals surface area (Å²) < 4.78 is 22.3. The summed E-state index contributed by atoms with van der Waals surface area (Å²) in [6, 6.07) is 15.3. The van der Waals surface area contributed by atoms with Gasteiger partial charge in [-0.1, -0.05) is 13.0 Å². The van der Waals surface area contributed by atoms with Crippen molar-refractivity contribution in [3.05, 3.63) is 60.9 Å². The Labute approximate surface area is 168 Å². The smallest absolute Gasteiger partial charge is 0.230 e. The average Bonchev–Trinajstić information content (AvgIpc) is 2.74. The van der Waals surface area contributed by atoms with Gasteiger partial charge in [0.05, 0.1) is 19.5 Å². The third-order valence-corrected chi connectivity index (χ3v) is 4.02. The zero-order chi connectivity index (χ0) is 19.9. The van der Waals surface area contributed by atoms with E-state index in [1.165, 1.54) is 0 Å². The lowest BCUT2D eigenvalue weighted by atomic mass is 10.2. The summed E-state index contributed by atoms with van der Waals surface area (Å²) in [6.07, 6.45) is 7.96.